The highest BCUT2D eigenvalue weighted by Crippen LogP contribution is 2.32. The molecular formula is C20H33N5O. The van der Waals surface area contributed by atoms with Crippen LogP contribution in [-0.2, 0) is 11.3 Å². The molecule has 0 radical (unpaired) electrons. The average Bonchev–Trinajstić information content (AvgIpc) is 2.86. The Bertz CT molecular complexity index is 576. The van der Waals surface area contributed by atoms with Crippen LogP contribution in [0.3, 0.4) is 0 Å². The number of carbonyl (C=O) groups is 1. The second-order valence-corrected chi connectivity index (χ2v) is 8.16. The van der Waals surface area contributed by atoms with E-state index in [1.807, 2.05) is 12.4 Å². The fraction of sp³-hybridized carbons (Fsp3) is 0.750. The summed E-state index contributed by atoms with van der Waals surface area (Å²) in [6.07, 6.45) is 10.5. The molecule has 3 rings (SSSR count). The van der Waals surface area contributed by atoms with Gasteiger partial charge in [-0.15, -0.1) is 0 Å². The van der Waals surface area contributed by atoms with Gasteiger partial charge >= 0.3 is 0 Å². The van der Waals surface area contributed by atoms with Gasteiger partial charge in [0.15, 0.2) is 0 Å². The predicted molar refractivity (Wildman–Crippen MR) is 104 cm³/mol. The van der Waals surface area contributed by atoms with Crippen LogP contribution in [0.5, 0.6) is 0 Å². The fourth-order valence-electron chi connectivity index (χ4n) is 4.33. The van der Waals surface area contributed by atoms with Crippen molar-refractivity contribution in [2.75, 3.05) is 38.6 Å². The molecule has 0 N–H and O–H groups in total. The Morgan fingerprint density at radius 3 is 2.42 bits per heavy atom. The number of anilines is 1. The zero-order valence-electron chi connectivity index (χ0n) is 16.5. The monoisotopic (exact) mass is 359 g/mol. The Labute approximate surface area is 157 Å². The molecule has 26 heavy (non-hydrogen) atoms. The number of likely N-dealkylation sites (N-methyl/N-ethyl adjacent to an activating group) is 1. The molecule has 1 aromatic heterocycles. The zero-order chi connectivity index (χ0) is 18.5. The van der Waals surface area contributed by atoms with Crippen LogP contribution in [0.25, 0.3) is 0 Å². The van der Waals surface area contributed by atoms with Crippen LogP contribution < -0.4 is 4.90 Å². The molecule has 6 nitrogen and oxygen atoms in total. The predicted octanol–water partition coefficient (Wildman–Crippen LogP) is 2.34. The number of hydrogen-bond acceptors (Lipinski definition) is 6. The third-order valence-electron chi connectivity index (χ3n) is 5.61. The van der Waals surface area contributed by atoms with E-state index in [1.54, 1.807) is 6.92 Å². The smallest absolute Gasteiger partial charge is 0.225 e. The van der Waals surface area contributed by atoms with Crippen molar-refractivity contribution in [3.63, 3.8) is 0 Å². The fourth-order valence-corrected chi connectivity index (χ4v) is 4.33. The topological polar surface area (TPSA) is 52.6 Å². The standard InChI is InChI=1S/C20H33N5O/c1-16(26)7-5-4-6-10-23(2)13-17-11-21-20(22-12-17)25-18-8-9-19(25)15-24(3)14-18/h11-12,18-19H,4-10,13-15H2,1-3H3. The molecule has 2 aliphatic rings. The molecular weight excluding hydrogens is 326 g/mol. The van der Waals surface area contributed by atoms with Crippen molar-refractivity contribution in [3.05, 3.63) is 18.0 Å². The highest BCUT2D eigenvalue weighted by molar-refractivity contribution is 5.75. The van der Waals surface area contributed by atoms with Gasteiger partial charge in [0.2, 0.25) is 5.95 Å². The molecule has 2 bridgehead atoms. The van der Waals surface area contributed by atoms with Crippen molar-refractivity contribution in [1.29, 1.82) is 0 Å². The summed E-state index contributed by atoms with van der Waals surface area (Å²) in [6, 6.07) is 1.14. The quantitative estimate of drug-likeness (QED) is 0.631. The Morgan fingerprint density at radius 1 is 1.15 bits per heavy atom. The molecule has 0 spiro atoms. The molecule has 2 saturated heterocycles. The molecule has 1 aromatic rings. The summed E-state index contributed by atoms with van der Waals surface area (Å²) >= 11 is 0. The van der Waals surface area contributed by atoms with E-state index < -0.39 is 0 Å². The van der Waals surface area contributed by atoms with Gasteiger partial charge in [-0.1, -0.05) is 6.42 Å². The van der Waals surface area contributed by atoms with E-state index in [1.165, 1.54) is 18.4 Å². The molecule has 0 aromatic carbocycles. The number of rotatable bonds is 9. The molecule has 144 valence electrons. The average molecular weight is 360 g/mol. The van der Waals surface area contributed by atoms with Gasteiger partial charge in [-0.2, -0.15) is 0 Å². The van der Waals surface area contributed by atoms with E-state index >= 15 is 0 Å². The summed E-state index contributed by atoms with van der Waals surface area (Å²) in [5, 5.41) is 0. The van der Waals surface area contributed by atoms with Gasteiger partial charge in [-0.25, -0.2) is 9.97 Å². The van der Waals surface area contributed by atoms with E-state index in [-0.39, 0.29) is 0 Å². The van der Waals surface area contributed by atoms with Crippen molar-refractivity contribution in [1.82, 2.24) is 19.8 Å². The molecule has 2 atom stereocenters. The lowest BCUT2D eigenvalue weighted by molar-refractivity contribution is -0.117. The Kier molecular flexibility index (Phi) is 6.59. The summed E-state index contributed by atoms with van der Waals surface area (Å²) in [4.78, 5) is 27.5. The molecule has 2 unspecified atom stereocenters. The van der Waals surface area contributed by atoms with Crippen LogP contribution >= 0.6 is 0 Å². The highest BCUT2D eigenvalue weighted by Gasteiger charge is 2.40. The van der Waals surface area contributed by atoms with Crippen LogP contribution in [-0.4, -0.2) is 71.4 Å². The maximum absolute atomic E-state index is 11.0. The van der Waals surface area contributed by atoms with Gasteiger partial charge in [-0.3, -0.25) is 0 Å². The molecule has 3 heterocycles. The number of carbonyl (C=O) groups excluding carboxylic acids is 1. The van der Waals surface area contributed by atoms with E-state index in [4.69, 9.17) is 0 Å². The Morgan fingerprint density at radius 2 is 1.81 bits per heavy atom. The van der Waals surface area contributed by atoms with Gasteiger partial charge in [0.05, 0.1) is 0 Å². The molecule has 2 aliphatic heterocycles. The summed E-state index contributed by atoms with van der Waals surface area (Å²) < 4.78 is 0. The second-order valence-electron chi connectivity index (χ2n) is 8.16. The van der Waals surface area contributed by atoms with Gasteiger partial charge in [0, 0.05) is 56.1 Å². The van der Waals surface area contributed by atoms with Crippen LogP contribution in [0.2, 0.25) is 0 Å². The number of fused-ring (bicyclic) bond motifs is 2. The first-order valence-electron chi connectivity index (χ1n) is 9.98. The minimum absolute atomic E-state index is 0.296. The van der Waals surface area contributed by atoms with Crippen molar-refractivity contribution in [3.8, 4) is 0 Å². The van der Waals surface area contributed by atoms with E-state index in [2.05, 4.69) is 38.8 Å². The van der Waals surface area contributed by atoms with Gasteiger partial charge in [-0.05, 0) is 53.2 Å². The lowest BCUT2D eigenvalue weighted by Gasteiger charge is -2.39. The molecule has 0 aliphatic carbocycles. The summed E-state index contributed by atoms with van der Waals surface area (Å²) in [7, 11) is 4.35. The second kappa shape index (κ2) is 8.91. The molecule has 2 fully saturated rings. The van der Waals surface area contributed by atoms with Crippen LogP contribution in [0.4, 0.5) is 5.95 Å². The van der Waals surface area contributed by atoms with E-state index in [0.717, 1.165) is 51.4 Å². The number of piperazine rings is 1. The third kappa shape index (κ3) is 5.01. The minimum Gasteiger partial charge on any atom is -0.332 e. The number of nitrogens with zero attached hydrogens (tertiary/aromatic N) is 5. The number of likely N-dealkylation sites (tertiary alicyclic amines) is 1. The SMILES string of the molecule is CC(=O)CCCCCN(C)Cc1cnc(N2C3CCC2CN(C)C3)nc1. The first kappa shape index (κ1) is 19.2. The Hall–Kier alpha value is -1.53. The van der Waals surface area contributed by atoms with Crippen LogP contribution in [0, 0.1) is 0 Å². The molecule has 6 heteroatoms. The highest BCUT2D eigenvalue weighted by atomic mass is 16.1. The molecule has 0 amide bonds. The van der Waals surface area contributed by atoms with Gasteiger partial charge < -0.3 is 19.5 Å². The normalized spacial score (nSPS) is 23.0. The van der Waals surface area contributed by atoms with Crippen LogP contribution in [0.1, 0.15) is 51.0 Å². The third-order valence-corrected chi connectivity index (χ3v) is 5.61. The number of unbranched alkanes of at least 4 members (excludes halogenated alkanes) is 2. The first-order valence-corrected chi connectivity index (χ1v) is 9.98. The minimum atomic E-state index is 0.296. The summed E-state index contributed by atoms with van der Waals surface area (Å²) in [6.45, 7) is 5.83. The molecule has 0 saturated carbocycles. The van der Waals surface area contributed by atoms with Crippen LogP contribution in [0.15, 0.2) is 12.4 Å². The Balaban J connectivity index is 1.45. The van der Waals surface area contributed by atoms with E-state index in [0.29, 0.717) is 24.3 Å². The van der Waals surface area contributed by atoms with Gasteiger partial charge in [0.1, 0.15) is 5.78 Å². The van der Waals surface area contributed by atoms with Crippen molar-refractivity contribution in [2.24, 2.45) is 0 Å². The number of ketones is 1. The van der Waals surface area contributed by atoms with Crippen molar-refractivity contribution < 1.29 is 4.79 Å². The maximum atomic E-state index is 11.0. The largest absolute Gasteiger partial charge is 0.332 e. The maximum Gasteiger partial charge on any atom is 0.225 e. The first-order chi connectivity index (χ1) is 12.5. The number of Topliss-reactive ketones (excluding diaryl/α,β-unsaturated/α-hetero) is 1. The van der Waals surface area contributed by atoms with Crippen molar-refractivity contribution >= 4 is 11.7 Å². The number of aromatic nitrogens is 2. The number of hydrogen-bond donors (Lipinski definition) is 0. The summed E-state index contributed by atoms with van der Waals surface area (Å²) in [5.41, 5.74) is 1.17. The lowest BCUT2D eigenvalue weighted by Crippen LogP contribution is -2.53. The zero-order valence-corrected chi connectivity index (χ0v) is 16.5. The van der Waals surface area contributed by atoms with Gasteiger partial charge in [0.25, 0.3) is 0 Å². The summed E-state index contributed by atoms with van der Waals surface area (Å²) in [5.74, 6) is 1.20. The van der Waals surface area contributed by atoms with Crippen molar-refractivity contribution in [2.45, 2.75) is 64.1 Å². The van der Waals surface area contributed by atoms with E-state index in [9.17, 15) is 4.79 Å². The lowest BCUT2D eigenvalue weighted by atomic mass is 10.1.